The summed E-state index contributed by atoms with van der Waals surface area (Å²) < 4.78 is 9.92. The molecular formula is C13H8N5O+. The number of pyridine rings is 1. The van der Waals surface area contributed by atoms with Gasteiger partial charge in [0.1, 0.15) is 6.54 Å². The van der Waals surface area contributed by atoms with Gasteiger partial charge in [-0.2, -0.15) is 14.0 Å². The molecule has 0 saturated heterocycles. The van der Waals surface area contributed by atoms with Crippen molar-refractivity contribution in [3.05, 3.63) is 42.6 Å². The summed E-state index contributed by atoms with van der Waals surface area (Å²) in [5.41, 5.74) is 4.47. The van der Waals surface area contributed by atoms with E-state index in [0.29, 0.717) is 12.3 Å². The zero-order chi connectivity index (χ0) is 12.4. The summed E-state index contributed by atoms with van der Waals surface area (Å²) in [6.07, 6.45) is 5.28. The first kappa shape index (κ1) is 9.21. The number of aromatic nitrogens is 5. The standard InChI is InChI=1S/C13H8N5O/c1-2-8-9(15-4-1)6-17-12-11(19-13(8)17)16-10-3-5-14-7-18(10)12/h1-5,7H,6H2/q+1. The molecule has 4 aromatic rings. The lowest BCUT2D eigenvalue weighted by molar-refractivity contribution is -0.652. The number of nitrogens with zero attached hydrogens (tertiary/aromatic N) is 5. The molecule has 90 valence electrons. The van der Waals surface area contributed by atoms with Crippen LogP contribution in [0.3, 0.4) is 0 Å². The molecule has 0 atom stereocenters. The van der Waals surface area contributed by atoms with E-state index in [4.69, 9.17) is 4.42 Å². The third-order valence-corrected chi connectivity index (χ3v) is 3.50. The van der Waals surface area contributed by atoms with Crippen molar-refractivity contribution in [3.8, 4) is 11.5 Å². The average molecular weight is 250 g/mol. The van der Waals surface area contributed by atoms with Gasteiger partial charge in [-0.05, 0) is 12.1 Å². The molecule has 0 aromatic carbocycles. The van der Waals surface area contributed by atoms with Gasteiger partial charge in [-0.1, -0.05) is 0 Å². The van der Waals surface area contributed by atoms with Crippen LogP contribution in [0.2, 0.25) is 0 Å². The quantitative estimate of drug-likeness (QED) is 0.387. The van der Waals surface area contributed by atoms with E-state index < -0.39 is 0 Å². The molecule has 1 aliphatic rings. The molecule has 0 spiro atoms. The monoisotopic (exact) mass is 250 g/mol. The minimum absolute atomic E-state index is 0.637. The van der Waals surface area contributed by atoms with Crippen molar-refractivity contribution in [2.45, 2.75) is 6.54 Å². The number of oxazole rings is 1. The van der Waals surface area contributed by atoms with E-state index in [2.05, 4.69) is 19.5 Å². The van der Waals surface area contributed by atoms with Crippen molar-refractivity contribution in [3.63, 3.8) is 0 Å². The highest BCUT2D eigenvalue weighted by molar-refractivity contribution is 5.71. The Labute approximate surface area is 107 Å². The number of hydrogen-bond acceptors (Lipinski definition) is 4. The van der Waals surface area contributed by atoms with E-state index in [1.54, 1.807) is 18.7 Å². The average Bonchev–Trinajstić information content (AvgIpc) is 3.05. The normalized spacial score (nSPS) is 13.1. The summed E-state index contributed by atoms with van der Waals surface area (Å²) >= 11 is 0. The van der Waals surface area contributed by atoms with Gasteiger partial charge in [-0.15, -0.1) is 0 Å². The molecule has 0 aliphatic carbocycles. The topological polar surface area (TPSA) is 60.1 Å². The summed E-state index contributed by atoms with van der Waals surface area (Å²) in [4.78, 5) is 13.0. The molecule has 0 bridgehead atoms. The van der Waals surface area contributed by atoms with Gasteiger partial charge in [0.15, 0.2) is 6.33 Å². The molecule has 0 fully saturated rings. The Morgan fingerprint density at radius 2 is 2.26 bits per heavy atom. The molecule has 1 aliphatic heterocycles. The van der Waals surface area contributed by atoms with Crippen LogP contribution in [0.15, 0.2) is 41.3 Å². The molecule has 0 amide bonds. The van der Waals surface area contributed by atoms with Gasteiger partial charge >= 0.3 is 17.3 Å². The smallest absolute Gasteiger partial charge is 0.356 e. The van der Waals surface area contributed by atoms with Crippen LogP contribution in [0.1, 0.15) is 5.69 Å². The van der Waals surface area contributed by atoms with Crippen molar-refractivity contribution in [2.24, 2.45) is 0 Å². The van der Waals surface area contributed by atoms with Gasteiger partial charge in [-0.25, -0.2) is 4.98 Å². The molecule has 5 heterocycles. The molecule has 0 radical (unpaired) electrons. The zero-order valence-electron chi connectivity index (χ0n) is 9.82. The third-order valence-electron chi connectivity index (χ3n) is 3.50. The van der Waals surface area contributed by atoms with Crippen LogP contribution in [0.5, 0.6) is 0 Å². The lowest BCUT2D eigenvalue weighted by Gasteiger charge is -1.90. The van der Waals surface area contributed by atoms with Gasteiger partial charge in [0.2, 0.25) is 5.65 Å². The lowest BCUT2D eigenvalue weighted by Crippen LogP contribution is -2.31. The SMILES string of the molecule is c1cnc2c(c1)-c1oc3nc4ccncn4c3[n+]1C2. The Morgan fingerprint density at radius 3 is 3.26 bits per heavy atom. The van der Waals surface area contributed by atoms with Crippen molar-refractivity contribution in [2.75, 3.05) is 0 Å². The molecule has 0 N–H and O–H groups in total. The van der Waals surface area contributed by atoms with E-state index in [1.807, 2.05) is 22.6 Å². The highest BCUT2D eigenvalue weighted by Crippen LogP contribution is 2.29. The highest BCUT2D eigenvalue weighted by Gasteiger charge is 2.34. The van der Waals surface area contributed by atoms with Crippen LogP contribution < -0.4 is 4.57 Å². The second-order valence-electron chi connectivity index (χ2n) is 4.54. The van der Waals surface area contributed by atoms with Crippen LogP contribution in [0.25, 0.3) is 28.5 Å². The maximum Gasteiger partial charge on any atom is 0.356 e. The van der Waals surface area contributed by atoms with E-state index in [-0.39, 0.29) is 0 Å². The van der Waals surface area contributed by atoms with E-state index in [1.165, 1.54) is 0 Å². The molecule has 0 unspecified atom stereocenters. The minimum atomic E-state index is 0.637. The van der Waals surface area contributed by atoms with E-state index in [9.17, 15) is 0 Å². The fourth-order valence-electron chi connectivity index (χ4n) is 2.68. The summed E-state index contributed by atoms with van der Waals surface area (Å²) in [7, 11) is 0. The van der Waals surface area contributed by atoms with Crippen LogP contribution in [-0.4, -0.2) is 19.4 Å². The maximum atomic E-state index is 5.89. The van der Waals surface area contributed by atoms with Crippen LogP contribution in [-0.2, 0) is 6.54 Å². The predicted octanol–water partition coefficient (Wildman–Crippen LogP) is 1.19. The fraction of sp³-hybridized carbons (Fsp3) is 0.0769. The first-order valence-electron chi connectivity index (χ1n) is 6.00. The largest absolute Gasteiger partial charge is 0.395 e. The first-order chi connectivity index (χ1) is 9.42. The van der Waals surface area contributed by atoms with Crippen LogP contribution in [0, 0.1) is 0 Å². The van der Waals surface area contributed by atoms with Crippen molar-refractivity contribution < 1.29 is 8.98 Å². The van der Waals surface area contributed by atoms with Gasteiger partial charge in [0.25, 0.3) is 0 Å². The molecular weight excluding hydrogens is 242 g/mol. The molecule has 0 saturated carbocycles. The lowest BCUT2D eigenvalue weighted by atomic mass is 10.2. The van der Waals surface area contributed by atoms with Crippen LogP contribution >= 0.6 is 0 Å². The summed E-state index contributed by atoms with van der Waals surface area (Å²) in [6.45, 7) is 0.710. The third kappa shape index (κ3) is 1.02. The fourth-order valence-corrected chi connectivity index (χ4v) is 2.68. The second kappa shape index (κ2) is 2.97. The van der Waals surface area contributed by atoms with Crippen molar-refractivity contribution in [1.82, 2.24) is 19.4 Å². The van der Waals surface area contributed by atoms with E-state index in [0.717, 1.165) is 28.4 Å². The Morgan fingerprint density at radius 1 is 1.26 bits per heavy atom. The number of imidazole rings is 1. The molecule has 5 rings (SSSR count). The van der Waals surface area contributed by atoms with Crippen molar-refractivity contribution >= 4 is 17.0 Å². The molecule has 6 heteroatoms. The van der Waals surface area contributed by atoms with Gasteiger partial charge < -0.3 is 4.42 Å². The Bertz CT molecular complexity index is 952. The van der Waals surface area contributed by atoms with Crippen LogP contribution in [0.4, 0.5) is 0 Å². The van der Waals surface area contributed by atoms with Gasteiger partial charge in [0, 0.05) is 18.5 Å². The summed E-state index contributed by atoms with van der Waals surface area (Å²) in [5, 5.41) is 0. The first-order valence-corrected chi connectivity index (χ1v) is 6.00. The highest BCUT2D eigenvalue weighted by atomic mass is 16.4. The minimum Gasteiger partial charge on any atom is -0.395 e. The Kier molecular flexibility index (Phi) is 1.44. The van der Waals surface area contributed by atoms with Gasteiger partial charge in [0.05, 0.1) is 11.3 Å². The molecule has 6 nitrogen and oxygen atoms in total. The molecule has 19 heavy (non-hydrogen) atoms. The Hall–Kier alpha value is -2.76. The van der Waals surface area contributed by atoms with Gasteiger partial charge in [-0.3, -0.25) is 4.98 Å². The molecule has 4 aromatic heterocycles. The predicted molar refractivity (Wildman–Crippen MR) is 65.3 cm³/mol. The zero-order valence-corrected chi connectivity index (χ0v) is 9.82. The number of fused-ring (bicyclic) bond motifs is 7. The summed E-state index contributed by atoms with van der Waals surface area (Å²) in [6, 6.07) is 5.80. The number of hydrogen-bond donors (Lipinski definition) is 0. The van der Waals surface area contributed by atoms with Crippen molar-refractivity contribution in [1.29, 1.82) is 0 Å². The maximum absolute atomic E-state index is 5.89. The number of rotatable bonds is 0. The Balaban J connectivity index is 1.94. The van der Waals surface area contributed by atoms with E-state index >= 15 is 0 Å². The summed E-state index contributed by atoms with van der Waals surface area (Å²) in [5.74, 6) is 0.818. The second-order valence-corrected chi connectivity index (χ2v) is 4.54.